The van der Waals surface area contributed by atoms with Gasteiger partial charge in [0.2, 0.25) is 11.8 Å². The van der Waals surface area contributed by atoms with Crippen molar-refractivity contribution < 1.29 is 22.8 Å². The summed E-state index contributed by atoms with van der Waals surface area (Å²) in [4.78, 5) is 22.8. The molecule has 0 fully saturated rings. The predicted octanol–water partition coefficient (Wildman–Crippen LogP) is 2.62. The lowest BCUT2D eigenvalue weighted by Gasteiger charge is -2.16. The molecule has 0 bridgehead atoms. The Labute approximate surface area is 131 Å². The molecule has 0 saturated heterocycles. The average Bonchev–Trinajstić information content (AvgIpc) is 2.37. The van der Waals surface area contributed by atoms with Gasteiger partial charge in [-0.15, -0.1) is 12.4 Å². The monoisotopic (exact) mass is 339 g/mol. The zero-order valence-corrected chi connectivity index (χ0v) is 12.8. The van der Waals surface area contributed by atoms with Crippen molar-refractivity contribution in [2.75, 3.05) is 17.2 Å². The number of halogens is 4. The fourth-order valence-electron chi connectivity index (χ4n) is 1.49. The Balaban J connectivity index is 0.00000441. The third kappa shape index (κ3) is 5.53. The number of amides is 2. The molecule has 0 aromatic heterocycles. The molecule has 1 aromatic carbocycles. The maximum Gasteiger partial charge on any atom is 0.416 e. The molecule has 0 heterocycles. The Bertz CT molecular complexity index is 550. The number of carbonyl (C=O) groups excluding carboxylic acids is 2. The van der Waals surface area contributed by atoms with Gasteiger partial charge in [0.1, 0.15) is 0 Å². The van der Waals surface area contributed by atoms with E-state index in [-0.39, 0.29) is 30.3 Å². The van der Waals surface area contributed by atoms with Crippen LogP contribution < -0.4 is 16.4 Å². The lowest BCUT2D eigenvalue weighted by atomic mass is 10.1. The number of benzene rings is 1. The highest BCUT2D eigenvalue weighted by Crippen LogP contribution is 2.34. The van der Waals surface area contributed by atoms with Crippen LogP contribution in [-0.4, -0.2) is 18.4 Å². The molecule has 5 nitrogen and oxygen atoms in total. The van der Waals surface area contributed by atoms with Crippen LogP contribution in [0.15, 0.2) is 18.2 Å². The first-order valence-electron chi connectivity index (χ1n) is 6.15. The molecule has 0 spiro atoms. The van der Waals surface area contributed by atoms with E-state index in [1.54, 1.807) is 6.92 Å². The van der Waals surface area contributed by atoms with Gasteiger partial charge in [-0.25, -0.2) is 0 Å². The van der Waals surface area contributed by atoms with E-state index >= 15 is 0 Å². The van der Waals surface area contributed by atoms with E-state index in [0.717, 1.165) is 18.2 Å². The van der Waals surface area contributed by atoms with Crippen LogP contribution in [0.1, 0.15) is 19.4 Å². The summed E-state index contributed by atoms with van der Waals surface area (Å²) in [5, 5.41) is 4.71. The number of hydrogen-bond acceptors (Lipinski definition) is 3. The number of nitrogens with one attached hydrogen (secondary N) is 2. The highest BCUT2D eigenvalue weighted by molar-refractivity contribution is 5.99. The summed E-state index contributed by atoms with van der Waals surface area (Å²) in [6.45, 7) is 2.81. The van der Waals surface area contributed by atoms with E-state index in [2.05, 4.69) is 10.6 Å². The summed E-state index contributed by atoms with van der Waals surface area (Å²) < 4.78 is 38.1. The van der Waals surface area contributed by atoms with Crippen LogP contribution in [0.4, 0.5) is 24.5 Å². The number of nitrogens with two attached hydrogens (primary N) is 1. The summed E-state index contributed by atoms with van der Waals surface area (Å²) in [6.07, 6.45) is -4.55. The molecular weight excluding hydrogens is 323 g/mol. The standard InChI is InChI=1S/C13H16F3N3O2.ClH/c1-7(6-17)12(21)19-11-5-9(13(14,15)16)3-4-10(11)18-8(2)20;/h3-5,7H,6,17H2,1-2H3,(H,18,20)(H,19,21);1H. The van der Waals surface area contributed by atoms with E-state index in [1.165, 1.54) is 6.92 Å². The summed E-state index contributed by atoms with van der Waals surface area (Å²) in [5.41, 5.74) is 4.38. The quantitative estimate of drug-likeness (QED) is 0.788. The zero-order valence-electron chi connectivity index (χ0n) is 12.0. The second kappa shape index (κ2) is 8.00. The Hall–Kier alpha value is -1.80. The van der Waals surface area contributed by atoms with E-state index in [4.69, 9.17) is 5.73 Å². The van der Waals surface area contributed by atoms with Gasteiger partial charge >= 0.3 is 6.18 Å². The molecule has 1 atom stereocenters. The highest BCUT2D eigenvalue weighted by Gasteiger charge is 2.31. The van der Waals surface area contributed by atoms with Crippen LogP contribution in [-0.2, 0) is 15.8 Å². The van der Waals surface area contributed by atoms with Crippen molar-refractivity contribution in [3.05, 3.63) is 23.8 Å². The van der Waals surface area contributed by atoms with E-state index in [1.807, 2.05) is 0 Å². The fourth-order valence-corrected chi connectivity index (χ4v) is 1.49. The third-order valence-corrected chi connectivity index (χ3v) is 2.72. The molecule has 0 saturated carbocycles. The molecule has 0 radical (unpaired) electrons. The normalized spacial score (nSPS) is 12.1. The summed E-state index contributed by atoms with van der Waals surface area (Å²) in [6, 6.07) is 2.69. The van der Waals surface area contributed by atoms with Crippen molar-refractivity contribution in [1.29, 1.82) is 0 Å². The minimum atomic E-state index is -4.55. The number of alkyl halides is 3. The van der Waals surface area contributed by atoms with Crippen LogP contribution in [0, 0.1) is 5.92 Å². The lowest BCUT2D eigenvalue weighted by Crippen LogP contribution is -2.27. The number of carbonyl (C=O) groups is 2. The lowest BCUT2D eigenvalue weighted by molar-refractivity contribution is -0.137. The van der Waals surface area contributed by atoms with Crippen molar-refractivity contribution in [2.45, 2.75) is 20.0 Å². The van der Waals surface area contributed by atoms with Crippen molar-refractivity contribution in [2.24, 2.45) is 11.7 Å². The first-order valence-corrected chi connectivity index (χ1v) is 6.15. The molecule has 0 aliphatic rings. The van der Waals surface area contributed by atoms with Crippen LogP contribution in [0.25, 0.3) is 0 Å². The fraction of sp³-hybridized carbons (Fsp3) is 0.385. The second-order valence-electron chi connectivity index (χ2n) is 4.57. The zero-order chi connectivity index (χ0) is 16.2. The van der Waals surface area contributed by atoms with Gasteiger partial charge in [-0.2, -0.15) is 13.2 Å². The molecule has 22 heavy (non-hydrogen) atoms. The van der Waals surface area contributed by atoms with Crippen LogP contribution in [0.2, 0.25) is 0 Å². The molecule has 0 aliphatic carbocycles. The molecule has 124 valence electrons. The first kappa shape index (κ1) is 20.2. The van der Waals surface area contributed by atoms with E-state index in [0.29, 0.717) is 0 Å². The third-order valence-electron chi connectivity index (χ3n) is 2.72. The van der Waals surface area contributed by atoms with Gasteiger partial charge in [0, 0.05) is 19.4 Å². The van der Waals surface area contributed by atoms with Gasteiger partial charge in [0.05, 0.1) is 16.9 Å². The Morgan fingerprint density at radius 1 is 1.23 bits per heavy atom. The van der Waals surface area contributed by atoms with Crippen LogP contribution >= 0.6 is 12.4 Å². The molecule has 9 heteroatoms. The Morgan fingerprint density at radius 3 is 2.27 bits per heavy atom. The maximum atomic E-state index is 12.7. The smallest absolute Gasteiger partial charge is 0.330 e. The van der Waals surface area contributed by atoms with Gasteiger partial charge in [-0.1, -0.05) is 6.92 Å². The van der Waals surface area contributed by atoms with Gasteiger partial charge in [-0.05, 0) is 18.2 Å². The molecular formula is C13H17ClF3N3O2. The van der Waals surface area contributed by atoms with Crippen LogP contribution in [0.3, 0.4) is 0 Å². The molecule has 2 amide bonds. The summed E-state index contributed by atoms with van der Waals surface area (Å²) in [7, 11) is 0. The minimum Gasteiger partial charge on any atom is -0.330 e. The number of rotatable bonds is 4. The van der Waals surface area contributed by atoms with Crippen molar-refractivity contribution in [1.82, 2.24) is 0 Å². The van der Waals surface area contributed by atoms with Crippen LogP contribution in [0.5, 0.6) is 0 Å². The van der Waals surface area contributed by atoms with Gasteiger partial charge in [0.15, 0.2) is 0 Å². The molecule has 1 rings (SSSR count). The molecule has 1 unspecified atom stereocenters. The Kier molecular flexibility index (Phi) is 7.34. The van der Waals surface area contributed by atoms with Crippen molar-refractivity contribution >= 4 is 35.6 Å². The van der Waals surface area contributed by atoms with Crippen molar-refractivity contribution in [3.63, 3.8) is 0 Å². The predicted molar refractivity (Wildman–Crippen MR) is 79.8 cm³/mol. The molecule has 1 aromatic rings. The average molecular weight is 340 g/mol. The SMILES string of the molecule is CC(=O)Nc1ccc(C(F)(F)F)cc1NC(=O)C(C)CN.Cl. The van der Waals surface area contributed by atoms with E-state index < -0.39 is 29.5 Å². The highest BCUT2D eigenvalue weighted by atomic mass is 35.5. The number of hydrogen-bond donors (Lipinski definition) is 3. The second-order valence-corrected chi connectivity index (χ2v) is 4.57. The number of anilines is 2. The van der Waals surface area contributed by atoms with Gasteiger partial charge in [0.25, 0.3) is 0 Å². The maximum absolute atomic E-state index is 12.7. The minimum absolute atomic E-state index is 0. The largest absolute Gasteiger partial charge is 0.416 e. The molecule has 0 aliphatic heterocycles. The first-order chi connectivity index (χ1) is 9.65. The summed E-state index contributed by atoms with van der Waals surface area (Å²) in [5.74, 6) is -1.55. The van der Waals surface area contributed by atoms with Gasteiger partial charge in [-0.3, -0.25) is 9.59 Å². The summed E-state index contributed by atoms with van der Waals surface area (Å²) >= 11 is 0. The molecule has 4 N–H and O–H groups in total. The van der Waals surface area contributed by atoms with Crippen molar-refractivity contribution in [3.8, 4) is 0 Å². The van der Waals surface area contributed by atoms with E-state index in [9.17, 15) is 22.8 Å². The Morgan fingerprint density at radius 2 is 1.82 bits per heavy atom. The topological polar surface area (TPSA) is 84.2 Å². The van der Waals surface area contributed by atoms with Gasteiger partial charge < -0.3 is 16.4 Å².